The molecule has 136 valence electrons. The van der Waals surface area contributed by atoms with Gasteiger partial charge in [-0.05, 0) is 38.3 Å². The van der Waals surface area contributed by atoms with Crippen molar-refractivity contribution in [3.05, 3.63) is 29.8 Å². The number of anilines is 1. The molecule has 1 aromatic carbocycles. The number of likely N-dealkylation sites (N-methyl/N-ethyl adjacent to an activating group) is 1. The normalized spacial score (nSPS) is 38.3. The van der Waals surface area contributed by atoms with Crippen LogP contribution in [0.15, 0.2) is 24.3 Å². The van der Waals surface area contributed by atoms with Gasteiger partial charge in [0.05, 0.1) is 17.6 Å². The van der Waals surface area contributed by atoms with Gasteiger partial charge in [0.1, 0.15) is 17.4 Å². The van der Waals surface area contributed by atoms with Crippen molar-refractivity contribution in [2.24, 2.45) is 11.3 Å². The molecule has 1 aliphatic carbocycles. The highest BCUT2D eigenvalue weighted by Gasteiger charge is 2.87. The molecule has 0 N–H and O–H groups in total. The molecule has 4 aliphatic rings. The van der Waals surface area contributed by atoms with Crippen molar-refractivity contribution < 1.29 is 23.9 Å². The molecule has 1 amide bonds. The van der Waals surface area contributed by atoms with E-state index in [0.29, 0.717) is 18.4 Å². The molecule has 2 bridgehead atoms. The first-order valence-corrected chi connectivity index (χ1v) is 9.12. The fraction of sp³-hybridized carbons (Fsp3) is 0.550. The van der Waals surface area contributed by atoms with Gasteiger partial charge in [-0.15, -0.1) is 0 Å². The van der Waals surface area contributed by atoms with Gasteiger partial charge in [0, 0.05) is 12.7 Å². The maximum atomic E-state index is 13.5. The van der Waals surface area contributed by atoms with Crippen LogP contribution in [0.3, 0.4) is 0 Å². The number of esters is 1. The Morgan fingerprint density at radius 2 is 2.00 bits per heavy atom. The summed E-state index contributed by atoms with van der Waals surface area (Å²) in [5.41, 5.74) is -1.55. The fourth-order valence-corrected chi connectivity index (χ4v) is 5.79. The molecule has 0 radical (unpaired) electrons. The van der Waals surface area contributed by atoms with E-state index in [1.165, 1.54) is 0 Å². The number of hydrogen-bond donors (Lipinski definition) is 0. The SMILES string of the molecule is CCOC(=O)[C@@H]1[C@@]2(C(=O)N(C)c3ccccc32)[C@@H]2O[C@@]1(C)C1(CC1)C2=O. The Morgan fingerprint density at radius 1 is 1.31 bits per heavy atom. The first kappa shape index (κ1) is 16.0. The topological polar surface area (TPSA) is 72.9 Å². The number of hydrogen-bond acceptors (Lipinski definition) is 5. The summed E-state index contributed by atoms with van der Waals surface area (Å²) in [6.07, 6.45) is 0.482. The smallest absolute Gasteiger partial charge is 0.313 e. The number of rotatable bonds is 2. The van der Waals surface area contributed by atoms with Crippen LogP contribution in [0.2, 0.25) is 0 Å². The number of fused-ring (bicyclic) bond motifs is 6. The van der Waals surface area contributed by atoms with Gasteiger partial charge in [0.25, 0.3) is 0 Å². The van der Waals surface area contributed by atoms with E-state index in [1.807, 2.05) is 31.2 Å². The van der Waals surface area contributed by atoms with Crippen molar-refractivity contribution in [3.8, 4) is 0 Å². The third-order valence-electron chi connectivity index (χ3n) is 7.08. The molecule has 1 aromatic rings. The molecule has 1 saturated carbocycles. The van der Waals surface area contributed by atoms with Crippen molar-refractivity contribution in [3.63, 3.8) is 0 Å². The van der Waals surface area contributed by atoms with Crippen molar-refractivity contribution in [2.75, 3.05) is 18.6 Å². The predicted molar refractivity (Wildman–Crippen MR) is 91.6 cm³/mol. The quantitative estimate of drug-likeness (QED) is 0.754. The summed E-state index contributed by atoms with van der Waals surface area (Å²) in [6.45, 7) is 3.79. The Bertz CT molecular complexity index is 875. The van der Waals surface area contributed by atoms with Gasteiger partial charge in [-0.1, -0.05) is 18.2 Å². The predicted octanol–water partition coefficient (Wildman–Crippen LogP) is 1.60. The van der Waals surface area contributed by atoms with Gasteiger partial charge in [-0.25, -0.2) is 0 Å². The Hall–Kier alpha value is -2.21. The molecule has 0 unspecified atom stereocenters. The number of nitrogens with zero attached hydrogens (tertiary/aromatic N) is 1. The Morgan fingerprint density at radius 3 is 2.65 bits per heavy atom. The Balaban J connectivity index is 1.80. The zero-order chi connectivity index (χ0) is 18.5. The maximum absolute atomic E-state index is 13.5. The third kappa shape index (κ3) is 1.37. The zero-order valence-electron chi connectivity index (χ0n) is 15.1. The monoisotopic (exact) mass is 355 g/mol. The van der Waals surface area contributed by atoms with Crippen LogP contribution in [0, 0.1) is 11.3 Å². The molecule has 6 heteroatoms. The van der Waals surface area contributed by atoms with Crippen LogP contribution in [0.4, 0.5) is 5.69 Å². The number of Topliss-reactive ketones (excluding diaryl/α,β-unsaturated/α-hetero) is 1. The van der Waals surface area contributed by atoms with Gasteiger partial charge >= 0.3 is 5.97 Å². The van der Waals surface area contributed by atoms with E-state index in [2.05, 4.69) is 0 Å². The van der Waals surface area contributed by atoms with Crippen LogP contribution in [0.1, 0.15) is 32.3 Å². The van der Waals surface area contributed by atoms with Crippen molar-refractivity contribution in [1.29, 1.82) is 0 Å². The minimum atomic E-state index is -1.32. The van der Waals surface area contributed by atoms with E-state index in [1.54, 1.807) is 18.9 Å². The number of carbonyl (C=O) groups is 3. The van der Waals surface area contributed by atoms with Crippen LogP contribution in [-0.2, 0) is 29.3 Å². The van der Waals surface area contributed by atoms with Gasteiger partial charge in [0.2, 0.25) is 5.91 Å². The van der Waals surface area contributed by atoms with Crippen LogP contribution in [0.5, 0.6) is 0 Å². The summed E-state index contributed by atoms with van der Waals surface area (Å²) in [5, 5.41) is 0. The van der Waals surface area contributed by atoms with Gasteiger partial charge in [-0.3, -0.25) is 14.4 Å². The lowest BCUT2D eigenvalue weighted by molar-refractivity contribution is -0.161. The van der Waals surface area contributed by atoms with E-state index in [9.17, 15) is 14.4 Å². The minimum absolute atomic E-state index is 0.0287. The second-order valence-electron chi connectivity index (χ2n) is 7.99. The highest BCUT2D eigenvalue weighted by atomic mass is 16.6. The molecule has 5 rings (SSSR count). The summed E-state index contributed by atoms with van der Waals surface area (Å²) in [7, 11) is 1.68. The Labute approximate surface area is 151 Å². The lowest BCUT2D eigenvalue weighted by Gasteiger charge is -2.42. The number of amides is 1. The summed E-state index contributed by atoms with van der Waals surface area (Å²) in [4.78, 5) is 41.4. The molecular formula is C20H21NO5. The largest absolute Gasteiger partial charge is 0.466 e. The highest BCUT2D eigenvalue weighted by Crippen LogP contribution is 2.74. The average Bonchev–Trinajstić information content (AvgIpc) is 3.30. The van der Waals surface area contributed by atoms with Crippen molar-refractivity contribution in [2.45, 2.75) is 43.8 Å². The molecule has 3 heterocycles. The molecule has 26 heavy (non-hydrogen) atoms. The summed E-state index contributed by atoms with van der Waals surface area (Å²) >= 11 is 0. The van der Waals surface area contributed by atoms with E-state index in [-0.39, 0.29) is 18.3 Å². The van der Waals surface area contributed by atoms with Crippen molar-refractivity contribution in [1.82, 2.24) is 0 Å². The van der Waals surface area contributed by atoms with Crippen molar-refractivity contribution >= 4 is 23.3 Å². The fourth-order valence-electron chi connectivity index (χ4n) is 5.79. The molecule has 3 aliphatic heterocycles. The summed E-state index contributed by atoms with van der Waals surface area (Å²) < 4.78 is 11.6. The zero-order valence-corrected chi connectivity index (χ0v) is 15.1. The number of ketones is 1. The second-order valence-corrected chi connectivity index (χ2v) is 7.99. The van der Waals surface area contributed by atoms with E-state index < -0.39 is 34.4 Å². The summed E-state index contributed by atoms with van der Waals surface area (Å²) in [6, 6.07) is 7.36. The minimum Gasteiger partial charge on any atom is -0.466 e. The summed E-state index contributed by atoms with van der Waals surface area (Å²) in [5.74, 6) is -1.55. The molecule has 3 fully saturated rings. The highest BCUT2D eigenvalue weighted by molar-refractivity contribution is 6.17. The first-order valence-electron chi connectivity index (χ1n) is 9.12. The van der Waals surface area contributed by atoms with Crippen LogP contribution < -0.4 is 4.90 Å². The van der Waals surface area contributed by atoms with E-state index in [0.717, 1.165) is 5.69 Å². The average molecular weight is 355 g/mol. The number of ether oxygens (including phenoxy) is 2. The molecular weight excluding hydrogens is 334 g/mol. The van der Waals surface area contributed by atoms with E-state index >= 15 is 0 Å². The van der Waals surface area contributed by atoms with Crippen LogP contribution in [0.25, 0.3) is 0 Å². The standard InChI is InChI=1S/C20H21NO5/c1-4-25-16(23)13-18(2)19(9-10-19)14(22)15(26-18)20(13)11-7-5-6-8-12(11)21(3)17(20)24/h5-8,13,15H,4,9-10H2,1-3H3/t13-,15+,18+,20+/m0/s1. The molecule has 0 aromatic heterocycles. The van der Waals surface area contributed by atoms with Crippen LogP contribution >= 0.6 is 0 Å². The molecule has 6 nitrogen and oxygen atoms in total. The van der Waals surface area contributed by atoms with Crippen LogP contribution in [-0.4, -0.2) is 43.0 Å². The lowest BCUT2D eigenvalue weighted by atomic mass is 9.54. The number of para-hydroxylation sites is 1. The second kappa shape index (κ2) is 4.55. The Kier molecular flexibility index (Phi) is 2.80. The lowest BCUT2D eigenvalue weighted by Crippen LogP contribution is -2.63. The van der Waals surface area contributed by atoms with Gasteiger partial charge in [-0.2, -0.15) is 0 Å². The van der Waals surface area contributed by atoms with Gasteiger partial charge in [0.15, 0.2) is 5.78 Å². The molecule has 4 atom stereocenters. The maximum Gasteiger partial charge on any atom is 0.313 e. The van der Waals surface area contributed by atoms with Gasteiger partial charge < -0.3 is 14.4 Å². The first-order chi connectivity index (χ1) is 12.4. The third-order valence-corrected chi connectivity index (χ3v) is 7.08. The number of benzene rings is 1. The number of carbonyl (C=O) groups excluding carboxylic acids is 3. The molecule has 2 spiro atoms. The van der Waals surface area contributed by atoms with E-state index in [4.69, 9.17) is 9.47 Å². The molecule has 2 saturated heterocycles.